The Kier molecular flexibility index (Phi) is 7.52. The molecule has 0 radical (unpaired) electrons. The van der Waals surface area contributed by atoms with Crippen molar-refractivity contribution in [1.29, 1.82) is 0 Å². The van der Waals surface area contributed by atoms with E-state index in [2.05, 4.69) is 0 Å². The van der Waals surface area contributed by atoms with Gasteiger partial charge >= 0.3 is 59.1 Å². The molecule has 0 bridgehead atoms. The van der Waals surface area contributed by atoms with Crippen molar-refractivity contribution in [3.05, 3.63) is 41.5 Å². The van der Waals surface area contributed by atoms with Gasteiger partial charge in [0.2, 0.25) is 0 Å². The van der Waals surface area contributed by atoms with Crippen LogP contribution in [0, 0.1) is 0 Å². The number of nitrogens with zero attached hydrogens (tertiary/aromatic N) is 1. The van der Waals surface area contributed by atoms with Crippen molar-refractivity contribution in [3.63, 3.8) is 0 Å². The molecule has 1 aliphatic rings. The summed E-state index contributed by atoms with van der Waals surface area (Å²) in [5.74, 6) is -4.64. The number of hydrogen-bond acceptors (Lipinski definition) is 6. The SMILES string of the molecule is O=C([O-])c1cc(C(=O)[O-])cc(N2C(=O)C=CC2=O)c1.[Na+].[Na+]. The maximum Gasteiger partial charge on any atom is 1.00 e. The fourth-order valence-electron chi connectivity index (χ4n) is 1.63. The standard InChI is InChI=1S/C12H7NO6.2Na/c14-9-1-2-10(15)13(9)8-4-6(11(16)17)3-7(5-8)12(18)19;;/h1-5H,(H,16,17)(H,18,19);;/q;2*+1/p-2. The molecule has 0 saturated carbocycles. The van der Waals surface area contributed by atoms with E-state index in [0.717, 1.165) is 30.4 Å². The first kappa shape index (κ1) is 20.0. The fraction of sp³-hybridized carbons (Fsp3) is 0. The molecule has 9 heteroatoms. The number of carbonyl (C=O) groups is 4. The molecule has 1 aromatic carbocycles. The summed E-state index contributed by atoms with van der Waals surface area (Å²) < 4.78 is 0. The number of anilines is 1. The van der Waals surface area contributed by atoms with Crippen LogP contribution in [0.2, 0.25) is 0 Å². The second-order valence-corrected chi connectivity index (χ2v) is 3.69. The molecule has 96 valence electrons. The molecule has 0 unspecified atom stereocenters. The second kappa shape index (κ2) is 7.88. The van der Waals surface area contributed by atoms with Gasteiger partial charge in [0.15, 0.2) is 0 Å². The van der Waals surface area contributed by atoms with E-state index < -0.39 is 34.9 Å². The number of carboxylic acid groups (broad SMARTS) is 2. The fourth-order valence-corrected chi connectivity index (χ4v) is 1.63. The number of carbonyl (C=O) groups excluding carboxylic acids is 4. The van der Waals surface area contributed by atoms with Gasteiger partial charge in [-0.15, -0.1) is 0 Å². The minimum Gasteiger partial charge on any atom is -0.545 e. The van der Waals surface area contributed by atoms with Gasteiger partial charge in [-0.3, -0.25) is 9.59 Å². The third-order valence-electron chi connectivity index (χ3n) is 2.46. The van der Waals surface area contributed by atoms with Gasteiger partial charge < -0.3 is 19.8 Å². The Morgan fingerprint density at radius 2 is 1.19 bits per heavy atom. The molecule has 21 heavy (non-hydrogen) atoms. The zero-order valence-corrected chi connectivity index (χ0v) is 15.3. The molecule has 2 amide bonds. The molecule has 7 nitrogen and oxygen atoms in total. The first-order valence-corrected chi connectivity index (χ1v) is 5.04. The molecular weight excluding hydrogens is 300 g/mol. The number of benzene rings is 1. The van der Waals surface area contributed by atoms with Crippen LogP contribution in [0.1, 0.15) is 20.7 Å². The molecule has 0 spiro atoms. The third kappa shape index (κ3) is 4.26. The molecule has 0 aliphatic carbocycles. The Labute approximate surface area is 163 Å². The van der Waals surface area contributed by atoms with Crippen molar-refractivity contribution in [3.8, 4) is 0 Å². The summed E-state index contributed by atoms with van der Waals surface area (Å²) in [7, 11) is 0. The molecular formula is C12H5NNa2O6. The predicted molar refractivity (Wildman–Crippen MR) is 56.7 cm³/mol. The van der Waals surface area contributed by atoms with Gasteiger partial charge in [0, 0.05) is 12.2 Å². The summed E-state index contributed by atoms with van der Waals surface area (Å²) in [6.45, 7) is 0. The van der Waals surface area contributed by atoms with E-state index in [1.54, 1.807) is 0 Å². The number of imide groups is 1. The third-order valence-corrected chi connectivity index (χ3v) is 2.46. The Morgan fingerprint density at radius 1 is 0.810 bits per heavy atom. The molecule has 0 atom stereocenters. The molecule has 2 rings (SSSR count). The molecule has 1 aromatic rings. The summed E-state index contributed by atoms with van der Waals surface area (Å²) >= 11 is 0. The summed E-state index contributed by atoms with van der Waals surface area (Å²) in [5, 5.41) is 21.6. The minimum absolute atomic E-state index is 0. The van der Waals surface area contributed by atoms with Gasteiger partial charge in [0.05, 0.1) is 17.6 Å². The zero-order valence-electron chi connectivity index (χ0n) is 11.3. The van der Waals surface area contributed by atoms with Crippen molar-refractivity contribution >= 4 is 29.4 Å². The number of rotatable bonds is 3. The largest absolute Gasteiger partial charge is 1.00 e. The molecule has 0 fully saturated rings. The Morgan fingerprint density at radius 3 is 1.52 bits per heavy atom. The van der Waals surface area contributed by atoms with Crippen molar-refractivity contribution < 1.29 is 88.5 Å². The van der Waals surface area contributed by atoms with E-state index in [1.165, 1.54) is 0 Å². The van der Waals surface area contributed by atoms with E-state index in [9.17, 15) is 29.4 Å². The Balaban J connectivity index is 0.00000200. The van der Waals surface area contributed by atoms with Gasteiger partial charge in [0.1, 0.15) is 0 Å². The maximum absolute atomic E-state index is 11.4. The molecule has 0 aromatic heterocycles. The minimum atomic E-state index is -1.63. The normalized spacial score (nSPS) is 12.7. The van der Waals surface area contributed by atoms with Crippen LogP contribution in [-0.2, 0) is 9.59 Å². The number of carboxylic acids is 2. The van der Waals surface area contributed by atoms with Crippen LogP contribution in [0.5, 0.6) is 0 Å². The van der Waals surface area contributed by atoms with Gasteiger partial charge in [-0.25, -0.2) is 4.90 Å². The van der Waals surface area contributed by atoms with Gasteiger partial charge in [-0.1, -0.05) is 0 Å². The second-order valence-electron chi connectivity index (χ2n) is 3.69. The van der Waals surface area contributed by atoms with Crippen molar-refractivity contribution in [2.45, 2.75) is 0 Å². The van der Waals surface area contributed by atoms with Crippen molar-refractivity contribution in [1.82, 2.24) is 0 Å². The smallest absolute Gasteiger partial charge is 0.545 e. The molecule has 1 aliphatic heterocycles. The molecule has 0 N–H and O–H groups in total. The van der Waals surface area contributed by atoms with Crippen molar-refractivity contribution in [2.24, 2.45) is 0 Å². The average Bonchev–Trinajstić information content (AvgIpc) is 2.68. The van der Waals surface area contributed by atoms with E-state index in [0.29, 0.717) is 4.90 Å². The van der Waals surface area contributed by atoms with Crippen molar-refractivity contribution in [2.75, 3.05) is 4.90 Å². The van der Waals surface area contributed by atoms with E-state index >= 15 is 0 Å². The average molecular weight is 305 g/mol. The predicted octanol–water partition coefficient (Wildman–Crippen LogP) is -8.15. The summed E-state index contributed by atoms with van der Waals surface area (Å²) in [6, 6.07) is 2.78. The summed E-state index contributed by atoms with van der Waals surface area (Å²) in [4.78, 5) is 45.1. The Hall–Kier alpha value is -0.960. The zero-order chi connectivity index (χ0) is 14.2. The van der Waals surface area contributed by atoms with Gasteiger partial charge in [0.25, 0.3) is 11.8 Å². The van der Waals surface area contributed by atoms with Gasteiger partial charge in [-0.2, -0.15) is 0 Å². The molecule has 0 saturated heterocycles. The Bertz CT molecular complexity index is 605. The summed E-state index contributed by atoms with van der Waals surface area (Å²) in [5.41, 5.74) is -1.10. The first-order valence-electron chi connectivity index (χ1n) is 5.04. The van der Waals surface area contributed by atoms with E-state index in [1.807, 2.05) is 0 Å². The van der Waals surface area contributed by atoms with Crippen LogP contribution >= 0.6 is 0 Å². The van der Waals surface area contributed by atoms with E-state index in [-0.39, 0.29) is 64.8 Å². The quantitative estimate of drug-likeness (QED) is 0.404. The summed E-state index contributed by atoms with van der Waals surface area (Å²) in [6.07, 6.45) is 1.99. The van der Waals surface area contributed by atoms with Crippen LogP contribution < -0.4 is 74.2 Å². The van der Waals surface area contributed by atoms with Crippen LogP contribution in [0.25, 0.3) is 0 Å². The van der Waals surface area contributed by atoms with Crippen LogP contribution in [0.3, 0.4) is 0 Å². The number of hydrogen-bond donors (Lipinski definition) is 0. The first-order chi connectivity index (χ1) is 8.90. The van der Waals surface area contributed by atoms with E-state index in [4.69, 9.17) is 0 Å². The maximum atomic E-state index is 11.4. The topological polar surface area (TPSA) is 118 Å². The molecule has 1 heterocycles. The monoisotopic (exact) mass is 305 g/mol. The number of amides is 2. The number of aromatic carboxylic acids is 2. The van der Waals surface area contributed by atoms with Crippen LogP contribution in [0.4, 0.5) is 5.69 Å². The van der Waals surface area contributed by atoms with Crippen LogP contribution in [0.15, 0.2) is 30.4 Å². The van der Waals surface area contributed by atoms with Crippen LogP contribution in [-0.4, -0.2) is 23.8 Å². The van der Waals surface area contributed by atoms with Gasteiger partial charge in [-0.05, 0) is 29.3 Å².